The van der Waals surface area contributed by atoms with E-state index in [2.05, 4.69) is 0 Å². The van der Waals surface area contributed by atoms with Gasteiger partial charge < -0.3 is 15.2 Å². The van der Waals surface area contributed by atoms with E-state index in [0.29, 0.717) is 11.1 Å². The fourth-order valence-corrected chi connectivity index (χ4v) is 2.70. The lowest BCUT2D eigenvalue weighted by Crippen LogP contribution is -2.19. The van der Waals surface area contributed by atoms with E-state index in [-0.39, 0.29) is 30.8 Å². The lowest BCUT2D eigenvalue weighted by Gasteiger charge is -2.13. The molecule has 108 valence electrons. The quantitative estimate of drug-likeness (QED) is 0.793. The van der Waals surface area contributed by atoms with Gasteiger partial charge >= 0.3 is 0 Å². The van der Waals surface area contributed by atoms with Crippen LogP contribution in [0.1, 0.15) is 44.3 Å². The van der Waals surface area contributed by atoms with Crippen molar-refractivity contribution in [2.45, 2.75) is 18.9 Å². The summed E-state index contributed by atoms with van der Waals surface area (Å²) in [6.07, 6.45) is 1.51. The first kappa shape index (κ1) is 14.8. The van der Waals surface area contributed by atoms with Crippen LogP contribution in [-0.4, -0.2) is 39.0 Å². The summed E-state index contributed by atoms with van der Waals surface area (Å²) in [4.78, 5) is 24.4. The molecule has 0 heterocycles. The first-order chi connectivity index (χ1) is 9.60. The fraction of sp³-hybridized carbons (Fsp3) is 0.467. The van der Waals surface area contributed by atoms with Crippen LogP contribution in [0.4, 0.5) is 0 Å². The Morgan fingerprint density at radius 1 is 1.20 bits per heavy atom. The molecule has 20 heavy (non-hydrogen) atoms. The Morgan fingerprint density at radius 2 is 1.85 bits per heavy atom. The Kier molecular flexibility index (Phi) is 4.65. The van der Waals surface area contributed by atoms with E-state index in [4.69, 9.17) is 15.2 Å². The van der Waals surface area contributed by atoms with Crippen LogP contribution in [0.25, 0.3) is 0 Å². The van der Waals surface area contributed by atoms with Gasteiger partial charge in [-0.05, 0) is 24.0 Å². The average molecular weight is 277 g/mol. The Hall–Kier alpha value is -1.56. The molecule has 0 bridgehead atoms. The molecule has 1 atom stereocenters. The van der Waals surface area contributed by atoms with Crippen LogP contribution >= 0.6 is 0 Å². The van der Waals surface area contributed by atoms with Gasteiger partial charge in [-0.3, -0.25) is 9.59 Å². The molecular formula is C15H19NO4. The van der Waals surface area contributed by atoms with Gasteiger partial charge in [0.1, 0.15) is 13.2 Å². The summed E-state index contributed by atoms with van der Waals surface area (Å²) < 4.78 is 9.79. The van der Waals surface area contributed by atoms with E-state index in [1.165, 1.54) is 14.2 Å². The molecule has 0 saturated heterocycles. The van der Waals surface area contributed by atoms with E-state index < -0.39 is 0 Å². The molecule has 0 amide bonds. The van der Waals surface area contributed by atoms with E-state index >= 15 is 0 Å². The highest BCUT2D eigenvalue weighted by Gasteiger charge is 2.28. The summed E-state index contributed by atoms with van der Waals surface area (Å²) in [6, 6.07) is 3.46. The van der Waals surface area contributed by atoms with Crippen molar-refractivity contribution in [1.29, 1.82) is 0 Å². The highest BCUT2D eigenvalue weighted by molar-refractivity contribution is 6.11. The number of ether oxygens (including phenoxy) is 2. The largest absolute Gasteiger partial charge is 0.377 e. The summed E-state index contributed by atoms with van der Waals surface area (Å²) in [5.41, 5.74) is 8.73. The van der Waals surface area contributed by atoms with Crippen molar-refractivity contribution in [2.24, 2.45) is 5.73 Å². The van der Waals surface area contributed by atoms with Crippen molar-refractivity contribution in [3.63, 3.8) is 0 Å². The molecule has 0 aromatic heterocycles. The molecule has 0 radical (unpaired) electrons. The van der Waals surface area contributed by atoms with Gasteiger partial charge in [0.2, 0.25) is 0 Å². The third-order valence-electron chi connectivity index (χ3n) is 3.58. The highest BCUT2D eigenvalue weighted by Crippen LogP contribution is 2.34. The van der Waals surface area contributed by atoms with Gasteiger partial charge in [0.15, 0.2) is 11.6 Å². The molecule has 2 N–H and O–H groups in total. The van der Waals surface area contributed by atoms with Gasteiger partial charge in [0.05, 0.1) is 0 Å². The topological polar surface area (TPSA) is 78.6 Å². The normalized spacial score (nSPS) is 17.1. The number of nitrogens with two attached hydrogens (primary N) is 1. The maximum atomic E-state index is 12.3. The number of carbonyl (C=O) groups excluding carboxylic acids is 2. The number of benzene rings is 1. The van der Waals surface area contributed by atoms with Crippen LogP contribution in [0.5, 0.6) is 0 Å². The zero-order chi connectivity index (χ0) is 14.7. The Morgan fingerprint density at radius 3 is 2.50 bits per heavy atom. The number of Topliss-reactive ketones (excluding diaryl/α,β-unsaturated/α-hetero) is 2. The van der Waals surface area contributed by atoms with Crippen molar-refractivity contribution in [3.05, 3.63) is 34.4 Å². The van der Waals surface area contributed by atoms with Crippen molar-refractivity contribution < 1.29 is 19.1 Å². The van der Waals surface area contributed by atoms with E-state index in [1.54, 1.807) is 6.07 Å². The maximum Gasteiger partial charge on any atom is 0.189 e. The molecule has 5 heteroatoms. The second-order valence-electron chi connectivity index (χ2n) is 4.91. The summed E-state index contributed by atoms with van der Waals surface area (Å²) >= 11 is 0. The Bertz CT molecular complexity index is 539. The average Bonchev–Trinajstić information content (AvgIpc) is 2.80. The minimum atomic E-state index is -0.199. The van der Waals surface area contributed by atoms with Crippen molar-refractivity contribution in [1.82, 2.24) is 0 Å². The van der Waals surface area contributed by atoms with Gasteiger partial charge in [0, 0.05) is 31.4 Å². The lowest BCUT2D eigenvalue weighted by atomic mass is 9.92. The zero-order valence-corrected chi connectivity index (χ0v) is 11.8. The van der Waals surface area contributed by atoms with Gasteiger partial charge in [-0.1, -0.05) is 12.1 Å². The number of carbonyl (C=O) groups is 2. The van der Waals surface area contributed by atoms with Gasteiger partial charge in [-0.2, -0.15) is 0 Å². The molecule has 1 aromatic rings. The molecule has 1 aliphatic carbocycles. The van der Waals surface area contributed by atoms with Crippen molar-refractivity contribution >= 4 is 11.6 Å². The standard InChI is InChI=1S/C15H19NO4/c1-19-7-13(17)11-4-3-9-10(5-6-12(9)16)15(11)14(18)8-20-2/h3-4,12H,5-8,16H2,1-2H3. The fourth-order valence-electron chi connectivity index (χ4n) is 2.70. The summed E-state index contributed by atoms with van der Waals surface area (Å²) in [5.74, 6) is -0.381. The molecular weight excluding hydrogens is 258 g/mol. The van der Waals surface area contributed by atoms with Crippen LogP contribution < -0.4 is 5.73 Å². The van der Waals surface area contributed by atoms with Crippen LogP contribution in [0.3, 0.4) is 0 Å². The zero-order valence-electron chi connectivity index (χ0n) is 11.8. The number of methoxy groups -OCH3 is 2. The Labute approximate surface area is 118 Å². The second-order valence-corrected chi connectivity index (χ2v) is 4.91. The van der Waals surface area contributed by atoms with Crippen molar-refractivity contribution in [2.75, 3.05) is 27.4 Å². The molecule has 1 aromatic carbocycles. The second kappa shape index (κ2) is 6.26. The first-order valence-electron chi connectivity index (χ1n) is 6.55. The molecule has 2 rings (SSSR count). The highest BCUT2D eigenvalue weighted by atomic mass is 16.5. The number of rotatable bonds is 6. The number of hydrogen-bond donors (Lipinski definition) is 1. The molecule has 1 unspecified atom stereocenters. The van der Waals surface area contributed by atoms with Gasteiger partial charge in [-0.25, -0.2) is 0 Å². The van der Waals surface area contributed by atoms with Crippen LogP contribution in [-0.2, 0) is 15.9 Å². The van der Waals surface area contributed by atoms with Gasteiger partial charge in [-0.15, -0.1) is 0 Å². The number of hydrogen-bond acceptors (Lipinski definition) is 5. The van der Waals surface area contributed by atoms with Crippen LogP contribution in [0.15, 0.2) is 12.1 Å². The molecule has 0 fully saturated rings. The maximum absolute atomic E-state index is 12.3. The minimum Gasteiger partial charge on any atom is -0.377 e. The molecule has 1 aliphatic rings. The predicted octanol–water partition coefficient (Wildman–Crippen LogP) is 1.29. The molecule has 0 aliphatic heterocycles. The number of fused-ring (bicyclic) bond motifs is 1. The summed E-state index contributed by atoms with van der Waals surface area (Å²) in [5, 5.41) is 0. The third kappa shape index (κ3) is 2.65. The van der Waals surface area contributed by atoms with E-state index in [1.807, 2.05) is 6.07 Å². The summed E-state index contributed by atoms with van der Waals surface area (Å²) in [6.45, 7) is -0.0863. The van der Waals surface area contributed by atoms with E-state index in [0.717, 1.165) is 24.0 Å². The molecule has 0 spiro atoms. The predicted molar refractivity (Wildman–Crippen MR) is 74.1 cm³/mol. The monoisotopic (exact) mass is 277 g/mol. The van der Waals surface area contributed by atoms with Crippen LogP contribution in [0, 0.1) is 0 Å². The number of ketones is 2. The minimum absolute atomic E-state index is 0.0427. The smallest absolute Gasteiger partial charge is 0.189 e. The Balaban J connectivity index is 2.52. The molecule has 0 saturated carbocycles. The van der Waals surface area contributed by atoms with Gasteiger partial charge in [0.25, 0.3) is 0 Å². The first-order valence-corrected chi connectivity index (χ1v) is 6.55. The summed E-state index contributed by atoms with van der Waals surface area (Å²) in [7, 11) is 2.92. The van der Waals surface area contributed by atoms with Crippen LogP contribution in [0.2, 0.25) is 0 Å². The third-order valence-corrected chi connectivity index (χ3v) is 3.58. The van der Waals surface area contributed by atoms with E-state index in [9.17, 15) is 9.59 Å². The lowest BCUT2D eigenvalue weighted by molar-refractivity contribution is 0.0814. The molecule has 5 nitrogen and oxygen atoms in total. The SMILES string of the molecule is COCC(=O)c1ccc2c(c1C(=O)COC)CCC2N. The van der Waals surface area contributed by atoms with Crippen molar-refractivity contribution in [3.8, 4) is 0 Å².